The lowest BCUT2D eigenvalue weighted by molar-refractivity contribution is -0.274. The summed E-state index contributed by atoms with van der Waals surface area (Å²) < 4.78 is 74.5. The number of ether oxygens (including phenoxy) is 2. The van der Waals surface area contributed by atoms with Crippen LogP contribution in [0.3, 0.4) is 0 Å². The maximum atomic E-state index is 13.4. The number of carbonyl (C=O) groups excluding carboxylic acids is 2. The summed E-state index contributed by atoms with van der Waals surface area (Å²) in [6, 6.07) is 17.2. The number of carbonyl (C=O) groups is 2. The molecule has 1 aliphatic rings. The van der Waals surface area contributed by atoms with Crippen molar-refractivity contribution in [2.75, 3.05) is 6.54 Å². The van der Waals surface area contributed by atoms with Gasteiger partial charge < -0.3 is 14.8 Å². The van der Waals surface area contributed by atoms with Crippen molar-refractivity contribution in [3.63, 3.8) is 0 Å². The molecule has 0 spiro atoms. The van der Waals surface area contributed by atoms with Gasteiger partial charge in [0, 0.05) is 18.7 Å². The second-order valence-electron chi connectivity index (χ2n) is 9.17. The second-order valence-corrected chi connectivity index (χ2v) is 11.0. The van der Waals surface area contributed by atoms with E-state index in [2.05, 4.69) is 10.1 Å². The van der Waals surface area contributed by atoms with Crippen LogP contribution in [0.2, 0.25) is 0 Å². The van der Waals surface area contributed by atoms with Crippen LogP contribution < -0.4 is 14.8 Å². The zero-order valence-electron chi connectivity index (χ0n) is 21.5. The maximum absolute atomic E-state index is 13.4. The van der Waals surface area contributed by atoms with Crippen molar-refractivity contribution in [3.8, 4) is 11.5 Å². The average Bonchev–Trinajstić information content (AvgIpc) is 3.42. The highest BCUT2D eigenvalue weighted by molar-refractivity contribution is 7.89. The van der Waals surface area contributed by atoms with Crippen LogP contribution in [0.5, 0.6) is 11.5 Å². The van der Waals surface area contributed by atoms with Crippen molar-refractivity contribution in [1.29, 1.82) is 0 Å². The van der Waals surface area contributed by atoms with E-state index in [4.69, 9.17) is 4.74 Å². The number of alkyl halides is 3. The van der Waals surface area contributed by atoms with Crippen molar-refractivity contribution < 1.29 is 40.7 Å². The summed E-state index contributed by atoms with van der Waals surface area (Å²) in [5, 5.41) is 2.78. The van der Waals surface area contributed by atoms with Gasteiger partial charge in [0.25, 0.3) is 0 Å². The molecule has 0 radical (unpaired) electrons. The van der Waals surface area contributed by atoms with Crippen LogP contribution in [0.25, 0.3) is 0 Å². The number of ketones is 1. The predicted molar refractivity (Wildman–Crippen MR) is 139 cm³/mol. The van der Waals surface area contributed by atoms with Crippen molar-refractivity contribution in [2.24, 2.45) is 0 Å². The molecule has 0 bridgehead atoms. The number of rotatable bonds is 10. The minimum atomic E-state index is -4.76. The van der Waals surface area contributed by atoms with E-state index in [-0.39, 0.29) is 41.7 Å². The van der Waals surface area contributed by atoms with Crippen LogP contribution in [-0.2, 0) is 28.0 Å². The molecule has 0 unspecified atom stereocenters. The van der Waals surface area contributed by atoms with Crippen LogP contribution >= 0.6 is 0 Å². The monoisotopic (exact) mass is 576 g/mol. The molecule has 12 heteroatoms. The largest absolute Gasteiger partial charge is 0.573 e. The van der Waals surface area contributed by atoms with Crippen molar-refractivity contribution in [1.82, 2.24) is 9.62 Å². The lowest BCUT2D eigenvalue weighted by Gasteiger charge is -2.24. The molecule has 1 saturated heterocycles. The number of Topliss-reactive ketones (excluding diaryl/α,β-unsaturated/α-hetero) is 1. The first-order chi connectivity index (χ1) is 18.9. The average molecular weight is 577 g/mol. The van der Waals surface area contributed by atoms with Gasteiger partial charge in [0.2, 0.25) is 15.9 Å². The molecular weight excluding hydrogens is 549 g/mol. The third kappa shape index (κ3) is 7.19. The first-order valence-corrected chi connectivity index (χ1v) is 13.8. The Morgan fingerprint density at radius 1 is 0.975 bits per heavy atom. The Kier molecular flexibility index (Phi) is 8.79. The SMILES string of the molecule is CC(=O)c1ccccc1S(=O)(=O)N1CCC[C@H]1C(=O)NCc1cccc(OCc2ccc(OC(F)(F)F)cc2)c1. The molecule has 0 aliphatic carbocycles. The minimum absolute atomic E-state index is 0.0796. The van der Waals surface area contributed by atoms with E-state index >= 15 is 0 Å². The number of amides is 1. The molecule has 0 aromatic heterocycles. The first-order valence-electron chi connectivity index (χ1n) is 12.4. The van der Waals surface area contributed by atoms with Gasteiger partial charge in [-0.1, -0.05) is 42.5 Å². The summed E-state index contributed by atoms with van der Waals surface area (Å²) in [7, 11) is -4.08. The van der Waals surface area contributed by atoms with Gasteiger partial charge >= 0.3 is 6.36 Å². The Labute approximate surface area is 229 Å². The van der Waals surface area contributed by atoms with Crippen LogP contribution in [0, 0.1) is 0 Å². The number of benzene rings is 3. The Morgan fingerprint density at radius 2 is 1.70 bits per heavy atom. The Morgan fingerprint density at radius 3 is 2.40 bits per heavy atom. The summed E-state index contributed by atoms with van der Waals surface area (Å²) in [6.07, 6.45) is -3.91. The minimum Gasteiger partial charge on any atom is -0.489 e. The van der Waals surface area contributed by atoms with Gasteiger partial charge in [-0.2, -0.15) is 4.31 Å². The number of sulfonamides is 1. The molecule has 1 fully saturated rings. The topological polar surface area (TPSA) is 102 Å². The molecule has 1 aliphatic heterocycles. The van der Waals surface area contributed by atoms with E-state index in [1.54, 1.807) is 30.3 Å². The van der Waals surface area contributed by atoms with Crippen molar-refractivity contribution in [3.05, 3.63) is 89.5 Å². The number of halogens is 3. The zero-order chi connectivity index (χ0) is 28.9. The van der Waals surface area contributed by atoms with Gasteiger partial charge in [-0.05, 0) is 61.2 Å². The summed E-state index contributed by atoms with van der Waals surface area (Å²) >= 11 is 0. The Balaban J connectivity index is 1.36. The molecule has 4 rings (SSSR count). The van der Waals surface area contributed by atoms with Gasteiger partial charge in [-0.3, -0.25) is 9.59 Å². The third-order valence-electron chi connectivity index (χ3n) is 6.29. The lowest BCUT2D eigenvalue weighted by atomic mass is 10.1. The summed E-state index contributed by atoms with van der Waals surface area (Å²) in [5.74, 6) is -0.679. The highest BCUT2D eigenvalue weighted by Crippen LogP contribution is 2.29. The fourth-order valence-corrected chi connectivity index (χ4v) is 6.30. The molecule has 1 amide bonds. The number of hydrogen-bond acceptors (Lipinski definition) is 6. The maximum Gasteiger partial charge on any atom is 0.573 e. The summed E-state index contributed by atoms with van der Waals surface area (Å²) in [4.78, 5) is 24.9. The highest BCUT2D eigenvalue weighted by Gasteiger charge is 2.40. The highest BCUT2D eigenvalue weighted by atomic mass is 32.2. The normalized spacial score (nSPS) is 15.9. The van der Waals surface area contributed by atoms with Crippen LogP contribution in [0.4, 0.5) is 13.2 Å². The van der Waals surface area contributed by atoms with Crippen molar-refractivity contribution >= 4 is 21.7 Å². The zero-order valence-corrected chi connectivity index (χ0v) is 22.3. The molecule has 1 heterocycles. The van der Waals surface area contributed by atoms with E-state index in [0.717, 1.165) is 4.31 Å². The molecule has 3 aromatic carbocycles. The molecule has 0 saturated carbocycles. The molecule has 212 valence electrons. The smallest absolute Gasteiger partial charge is 0.489 e. The first kappa shape index (κ1) is 29.1. The van der Waals surface area contributed by atoms with Crippen LogP contribution in [0.1, 0.15) is 41.3 Å². The van der Waals surface area contributed by atoms with E-state index in [1.165, 1.54) is 49.4 Å². The molecule has 8 nitrogen and oxygen atoms in total. The fourth-order valence-electron chi connectivity index (χ4n) is 4.40. The van der Waals surface area contributed by atoms with Gasteiger partial charge in [-0.15, -0.1) is 13.2 Å². The molecular formula is C28H27F3N2O6S. The second kappa shape index (κ2) is 12.1. The quantitative estimate of drug-likeness (QED) is 0.347. The Bertz CT molecular complexity index is 1480. The van der Waals surface area contributed by atoms with Gasteiger partial charge in [0.05, 0.1) is 4.90 Å². The molecule has 1 N–H and O–H groups in total. The number of hydrogen-bond donors (Lipinski definition) is 1. The van der Waals surface area contributed by atoms with Gasteiger partial charge in [-0.25, -0.2) is 8.42 Å². The van der Waals surface area contributed by atoms with Crippen LogP contribution in [-0.4, -0.2) is 43.4 Å². The predicted octanol–water partition coefficient (Wildman–Crippen LogP) is 4.84. The van der Waals surface area contributed by atoms with Crippen molar-refractivity contribution in [2.45, 2.75) is 50.2 Å². The Hall–Kier alpha value is -3.90. The number of nitrogens with zero attached hydrogens (tertiary/aromatic N) is 1. The van der Waals surface area contributed by atoms with E-state index in [9.17, 15) is 31.2 Å². The molecule has 1 atom stereocenters. The van der Waals surface area contributed by atoms with Crippen LogP contribution in [0.15, 0.2) is 77.7 Å². The lowest BCUT2D eigenvalue weighted by Crippen LogP contribution is -2.45. The number of nitrogens with one attached hydrogen (secondary N) is 1. The van der Waals surface area contributed by atoms with E-state index < -0.39 is 28.3 Å². The third-order valence-corrected chi connectivity index (χ3v) is 8.25. The van der Waals surface area contributed by atoms with Gasteiger partial charge in [0.15, 0.2) is 5.78 Å². The van der Waals surface area contributed by atoms with E-state index in [1.807, 2.05) is 0 Å². The van der Waals surface area contributed by atoms with E-state index in [0.29, 0.717) is 29.7 Å². The standard InChI is InChI=1S/C28H27F3N2O6S/c1-19(34)24-8-2-3-10-26(24)40(36,37)33-15-5-9-25(33)27(35)32-17-21-6-4-7-23(16-21)38-18-20-11-13-22(14-12-20)39-28(29,30)31/h2-4,6-8,10-14,16,25H,5,9,15,17-18H2,1H3,(H,32,35)/t25-/m0/s1. The molecule has 40 heavy (non-hydrogen) atoms. The summed E-state index contributed by atoms with van der Waals surface area (Å²) in [5.41, 5.74) is 1.41. The summed E-state index contributed by atoms with van der Waals surface area (Å²) in [6.45, 7) is 1.68. The fraction of sp³-hybridized carbons (Fsp3) is 0.286. The van der Waals surface area contributed by atoms with Gasteiger partial charge in [0.1, 0.15) is 24.1 Å². The molecule has 3 aromatic rings.